The van der Waals surface area contributed by atoms with Gasteiger partial charge in [-0.25, -0.2) is 25.0 Å². The number of benzene rings is 2. The third kappa shape index (κ3) is 6.27. The van der Waals surface area contributed by atoms with Gasteiger partial charge in [-0.2, -0.15) is 0 Å². The molecule has 4 heterocycles. The fraction of sp³-hybridized carbons (Fsp3) is 0.281. The van der Waals surface area contributed by atoms with Gasteiger partial charge in [0.1, 0.15) is 11.1 Å². The van der Waals surface area contributed by atoms with E-state index in [1.807, 2.05) is 42.1 Å². The number of likely N-dealkylation sites (N-methyl/N-ethyl adjacent to an activating group) is 1. The first-order valence-corrected chi connectivity index (χ1v) is 16.9. The highest BCUT2D eigenvalue weighted by Crippen LogP contribution is 2.46. The minimum atomic E-state index is -1.30. The van der Waals surface area contributed by atoms with Crippen LogP contribution in [0.15, 0.2) is 82.6 Å². The number of β-lactam (4-membered cyclic amide) rings is 1. The molecule has 2 fully saturated rings. The summed E-state index contributed by atoms with van der Waals surface area (Å²) < 4.78 is 1.84. The van der Waals surface area contributed by atoms with E-state index in [0.717, 1.165) is 26.1 Å². The lowest BCUT2D eigenvalue weighted by molar-refractivity contribution is -0.162. The molecule has 6 amide bonds. The Morgan fingerprint density at radius 2 is 1.77 bits per heavy atom. The fourth-order valence-corrected chi connectivity index (χ4v) is 8.14. The Kier molecular flexibility index (Phi) is 9.28. The molecule has 16 heteroatoms. The van der Waals surface area contributed by atoms with Gasteiger partial charge in [0.2, 0.25) is 5.91 Å². The van der Waals surface area contributed by atoms with E-state index in [0.29, 0.717) is 21.9 Å². The van der Waals surface area contributed by atoms with Gasteiger partial charge < -0.3 is 14.6 Å². The predicted octanol–water partition coefficient (Wildman–Crippen LogP) is 2.15. The minimum absolute atomic E-state index is 0.0940. The summed E-state index contributed by atoms with van der Waals surface area (Å²) in [4.78, 5) is 87.3. The number of aliphatic carboxylic acids is 1. The lowest BCUT2D eigenvalue weighted by Gasteiger charge is -2.52. The van der Waals surface area contributed by atoms with Crippen LogP contribution in [0.25, 0.3) is 11.3 Å². The van der Waals surface area contributed by atoms with E-state index >= 15 is 0 Å². The van der Waals surface area contributed by atoms with Crippen LogP contribution in [0, 0.1) is 0 Å². The van der Waals surface area contributed by atoms with Crippen LogP contribution in [-0.2, 0) is 37.4 Å². The number of hydrogen-bond donors (Lipinski definition) is 2. The Balaban J connectivity index is 1.24. The average molecular weight is 690 g/mol. The molecule has 2 N–H and O–H groups in total. The van der Waals surface area contributed by atoms with Gasteiger partial charge in [0.05, 0.1) is 18.4 Å². The van der Waals surface area contributed by atoms with Gasteiger partial charge in [-0.15, -0.1) is 11.8 Å². The van der Waals surface area contributed by atoms with Crippen molar-refractivity contribution in [3.8, 4) is 11.3 Å². The highest BCUT2D eigenvalue weighted by Gasteiger charge is 2.58. The number of imide groups is 1. The van der Waals surface area contributed by atoms with E-state index < -0.39 is 47.0 Å². The Hall–Kier alpha value is -5.09. The normalized spacial score (nSPS) is 19.2. The number of rotatable bonds is 8. The summed E-state index contributed by atoms with van der Waals surface area (Å²) in [6.45, 7) is 2.04. The Morgan fingerprint density at radius 3 is 2.42 bits per heavy atom. The van der Waals surface area contributed by atoms with Crippen molar-refractivity contribution in [3.63, 3.8) is 0 Å². The highest BCUT2D eigenvalue weighted by atomic mass is 32.2. The molecule has 1 unspecified atom stereocenters. The summed E-state index contributed by atoms with van der Waals surface area (Å²) in [7, 11) is 1.88. The number of carbonyl (C=O) groups is 6. The molecule has 3 aliphatic rings. The number of thioether (sulfide) groups is 2. The second kappa shape index (κ2) is 13.6. The molecule has 2 atom stereocenters. The molecule has 2 saturated heterocycles. The van der Waals surface area contributed by atoms with Crippen LogP contribution in [-0.4, -0.2) is 107 Å². The number of piperazine rings is 1. The van der Waals surface area contributed by atoms with Gasteiger partial charge >= 0.3 is 23.8 Å². The number of carbonyl (C=O) groups excluding carboxylic acids is 5. The summed E-state index contributed by atoms with van der Waals surface area (Å²) in [5.74, 6) is -4.32. The van der Waals surface area contributed by atoms with Crippen LogP contribution < -0.4 is 5.43 Å². The van der Waals surface area contributed by atoms with Crippen LogP contribution >= 0.6 is 23.5 Å². The summed E-state index contributed by atoms with van der Waals surface area (Å²) in [6, 6.07) is 13.9. The minimum Gasteiger partial charge on any atom is -0.477 e. The van der Waals surface area contributed by atoms with Crippen molar-refractivity contribution in [3.05, 3.63) is 83.3 Å². The van der Waals surface area contributed by atoms with Crippen LogP contribution in [0.1, 0.15) is 12.5 Å². The van der Waals surface area contributed by atoms with Crippen LogP contribution in [0.5, 0.6) is 0 Å². The first-order valence-electron chi connectivity index (χ1n) is 15.0. The molecule has 3 aromatic rings. The molecular weight excluding hydrogens is 659 g/mol. The number of aromatic nitrogens is 2. The molecular formula is C32H31N7O7S2. The molecule has 0 bridgehead atoms. The molecule has 248 valence electrons. The van der Waals surface area contributed by atoms with Crippen molar-refractivity contribution in [2.24, 2.45) is 7.05 Å². The van der Waals surface area contributed by atoms with Crippen molar-refractivity contribution in [2.45, 2.75) is 29.7 Å². The fourth-order valence-electron chi connectivity index (χ4n) is 5.63. The summed E-state index contributed by atoms with van der Waals surface area (Å²) in [5, 5.41) is 10.3. The quantitative estimate of drug-likeness (QED) is 0.203. The maximum atomic E-state index is 13.8. The van der Waals surface area contributed by atoms with Crippen LogP contribution in [0.4, 0.5) is 4.79 Å². The summed E-state index contributed by atoms with van der Waals surface area (Å²) >= 11 is 2.49. The first-order chi connectivity index (χ1) is 23.1. The topological polar surface area (TPSA) is 165 Å². The zero-order valence-electron chi connectivity index (χ0n) is 25.9. The van der Waals surface area contributed by atoms with E-state index in [1.165, 1.54) is 28.4 Å². The second-order valence-electron chi connectivity index (χ2n) is 11.2. The first kappa shape index (κ1) is 32.8. The lowest BCUT2D eigenvalue weighted by Crippen LogP contribution is -2.75. The number of nitrogens with zero attached hydrogens (tertiary/aromatic N) is 6. The average Bonchev–Trinajstić information content (AvgIpc) is 3.52. The SMILES string of the molecule is CCN1CCN(C(=O)NN(C(=O)Cc2ccccc2)C2C(=O)N3C(C(=O)O)=C(Sc4ccc(-c5cn(C)cn5)cc4)CS[C@@H]23)C(=O)C1=O. The molecule has 6 rings (SSSR count). The van der Waals surface area contributed by atoms with Crippen molar-refractivity contribution in [2.75, 3.05) is 25.4 Å². The molecule has 3 aliphatic heterocycles. The standard InChI is InChI=1S/C32H31N7O7S2/c1-3-36-13-14-37(29(43)28(36)42)32(46)34-39(24(40)15-19-7-5-4-6-8-19)26-27(41)38-25(31(44)45)23(17-47-30(26)38)48-21-11-9-20(10-12-21)22-16-35(2)18-33-22/h4-12,16,18,26,30H,3,13-15,17H2,1-2H3,(H,34,46)(H,44,45)/t26?,30-/m0/s1. The molecule has 14 nitrogen and oxygen atoms in total. The van der Waals surface area contributed by atoms with Crippen molar-refractivity contribution >= 4 is 59.2 Å². The molecule has 1 aromatic heterocycles. The Morgan fingerprint density at radius 1 is 1.04 bits per heavy atom. The predicted molar refractivity (Wildman–Crippen MR) is 176 cm³/mol. The van der Waals surface area contributed by atoms with Gasteiger partial charge in [0.15, 0.2) is 6.04 Å². The highest BCUT2D eigenvalue weighted by molar-refractivity contribution is 8.06. The van der Waals surface area contributed by atoms with Crippen LogP contribution in [0.3, 0.4) is 0 Å². The number of amides is 6. The van der Waals surface area contributed by atoms with E-state index in [2.05, 4.69) is 10.4 Å². The monoisotopic (exact) mass is 689 g/mol. The van der Waals surface area contributed by atoms with Crippen LogP contribution in [0.2, 0.25) is 0 Å². The number of fused-ring (bicyclic) bond motifs is 1. The van der Waals surface area contributed by atoms with Gasteiger partial charge in [-0.05, 0) is 24.6 Å². The smallest absolute Gasteiger partial charge is 0.353 e. The van der Waals surface area contributed by atoms with Crippen molar-refractivity contribution < 1.29 is 33.9 Å². The number of hydrogen-bond acceptors (Lipinski definition) is 9. The number of nitrogens with one attached hydrogen (secondary N) is 1. The molecule has 0 aliphatic carbocycles. The second-order valence-corrected chi connectivity index (χ2v) is 13.4. The third-order valence-corrected chi connectivity index (χ3v) is 10.6. The molecule has 0 saturated carbocycles. The van der Waals surface area contributed by atoms with E-state index in [4.69, 9.17) is 0 Å². The Bertz CT molecular complexity index is 1830. The lowest BCUT2D eigenvalue weighted by atomic mass is 10.0. The molecule has 0 spiro atoms. The van der Waals surface area contributed by atoms with Gasteiger partial charge in [-0.1, -0.05) is 54.2 Å². The van der Waals surface area contributed by atoms with E-state index in [-0.39, 0.29) is 31.0 Å². The zero-order chi connectivity index (χ0) is 34.1. The van der Waals surface area contributed by atoms with Crippen molar-refractivity contribution in [1.29, 1.82) is 0 Å². The number of hydrazine groups is 1. The van der Waals surface area contributed by atoms with Gasteiger partial charge in [0.25, 0.3) is 5.91 Å². The number of aryl methyl sites for hydroxylation is 1. The summed E-state index contributed by atoms with van der Waals surface area (Å²) in [5.41, 5.74) is 4.52. The number of imidazole rings is 1. The maximum absolute atomic E-state index is 13.8. The molecule has 48 heavy (non-hydrogen) atoms. The molecule has 2 aromatic carbocycles. The van der Waals surface area contributed by atoms with Crippen molar-refractivity contribution in [1.82, 2.24) is 34.7 Å². The van der Waals surface area contributed by atoms with Gasteiger partial charge in [-0.3, -0.25) is 29.0 Å². The maximum Gasteiger partial charge on any atom is 0.353 e. The number of urea groups is 1. The summed E-state index contributed by atoms with van der Waals surface area (Å²) in [6.07, 6.45) is 3.40. The third-order valence-electron chi connectivity index (χ3n) is 8.10. The molecule has 0 radical (unpaired) electrons. The zero-order valence-corrected chi connectivity index (χ0v) is 27.6. The van der Waals surface area contributed by atoms with E-state index in [1.54, 1.807) is 43.6 Å². The number of carboxylic acids is 1. The van der Waals surface area contributed by atoms with E-state index in [9.17, 15) is 33.9 Å². The van der Waals surface area contributed by atoms with Gasteiger partial charge in [0, 0.05) is 54.0 Å². The largest absolute Gasteiger partial charge is 0.477 e. The Labute approximate surface area is 283 Å². The number of carboxylic acid groups (broad SMARTS) is 1.